The smallest absolute Gasteiger partial charge is 0.405 e. The molecule has 0 aromatic carbocycles. The van der Waals surface area contributed by atoms with Crippen LogP contribution in [0.1, 0.15) is 12.8 Å². The molecule has 5 nitrogen and oxygen atoms in total. The van der Waals surface area contributed by atoms with Crippen molar-refractivity contribution in [3.63, 3.8) is 0 Å². The van der Waals surface area contributed by atoms with Crippen LogP contribution < -0.4 is 10.6 Å². The summed E-state index contributed by atoms with van der Waals surface area (Å²) in [4.78, 5) is 21.5. The molecule has 1 rings (SSSR count). The van der Waals surface area contributed by atoms with Gasteiger partial charge in [-0.25, -0.2) is 4.79 Å². The van der Waals surface area contributed by atoms with Gasteiger partial charge in [0, 0.05) is 6.54 Å². The van der Waals surface area contributed by atoms with Crippen molar-refractivity contribution in [3.05, 3.63) is 0 Å². The lowest BCUT2D eigenvalue weighted by molar-refractivity contribution is -0.143. The third kappa shape index (κ3) is 3.59. The van der Waals surface area contributed by atoms with Gasteiger partial charge in [-0.2, -0.15) is 13.2 Å². The largest absolute Gasteiger partial charge is 0.481 e. The quantitative estimate of drug-likeness (QED) is 0.677. The number of halogens is 3. The van der Waals surface area contributed by atoms with Crippen LogP contribution in [0.25, 0.3) is 0 Å². The number of hydrogen-bond acceptors (Lipinski definition) is 2. The highest BCUT2D eigenvalue weighted by atomic mass is 19.4. The second kappa shape index (κ2) is 4.18. The Kier molecular flexibility index (Phi) is 3.30. The van der Waals surface area contributed by atoms with Gasteiger partial charge >= 0.3 is 18.2 Å². The summed E-state index contributed by atoms with van der Waals surface area (Å²) in [7, 11) is 0. The number of carbonyl (C=O) groups is 2. The van der Waals surface area contributed by atoms with Gasteiger partial charge in [0.05, 0.1) is 5.41 Å². The maximum Gasteiger partial charge on any atom is 0.405 e. The molecule has 0 atom stereocenters. The number of carboxylic acid groups (broad SMARTS) is 1. The van der Waals surface area contributed by atoms with Gasteiger partial charge in [-0.3, -0.25) is 4.79 Å². The van der Waals surface area contributed by atoms with Gasteiger partial charge in [0.25, 0.3) is 0 Å². The molecule has 0 radical (unpaired) electrons. The van der Waals surface area contributed by atoms with Crippen LogP contribution in [0.2, 0.25) is 0 Å². The van der Waals surface area contributed by atoms with Crippen LogP contribution in [-0.2, 0) is 4.79 Å². The molecule has 2 amide bonds. The summed E-state index contributed by atoms with van der Waals surface area (Å²) in [6.45, 7) is -1.58. The van der Waals surface area contributed by atoms with E-state index >= 15 is 0 Å². The van der Waals surface area contributed by atoms with Crippen LogP contribution in [0.3, 0.4) is 0 Å². The van der Waals surface area contributed by atoms with Crippen LogP contribution >= 0.6 is 0 Å². The molecule has 3 N–H and O–H groups in total. The molecule has 16 heavy (non-hydrogen) atoms. The van der Waals surface area contributed by atoms with Crippen LogP contribution in [-0.4, -0.2) is 36.4 Å². The van der Waals surface area contributed by atoms with Crippen molar-refractivity contribution in [1.29, 1.82) is 0 Å². The Morgan fingerprint density at radius 1 is 1.25 bits per heavy atom. The van der Waals surface area contributed by atoms with E-state index in [1.807, 2.05) is 0 Å². The monoisotopic (exact) mass is 240 g/mol. The Labute approximate surface area is 89.0 Å². The summed E-state index contributed by atoms with van der Waals surface area (Å²) >= 11 is 0. The van der Waals surface area contributed by atoms with E-state index in [0.29, 0.717) is 12.8 Å². The van der Waals surface area contributed by atoms with Gasteiger partial charge in [0.1, 0.15) is 6.54 Å². The maximum absolute atomic E-state index is 11.7. The van der Waals surface area contributed by atoms with Gasteiger partial charge in [0.15, 0.2) is 0 Å². The summed E-state index contributed by atoms with van der Waals surface area (Å²) in [5.41, 5.74) is -0.977. The van der Waals surface area contributed by atoms with Crippen molar-refractivity contribution >= 4 is 12.0 Å². The maximum atomic E-state index is 11.7. The van der Waals surface area contributed by atoms with Crippen molar-refractivity contribution in [2.75, 3.05) is 13.1 Å². The third-order valence-corrected chi connectivity index (χ3v) is 2.34. The number of carbonyl (C=O) groups excluding carboxylic acids is 1. The Balaban J connectivity index is 2.24. The number of carboxylic acids is 1. The summed E-state index contributed by atoms with van der Waals surface area (Å²) < 4.78 is 35.1. The summed E-state index contributed by atoms with van der Waals surface area (Å²) in [6.07, 6.45) is -3.61. The van der Waals surface area contributed by atoms with Crippen LogP contribution in [0.5, 0.6) is 0 Å². The normalized spacial score (nSPS) is 17.7. The van der Waals surface area contributed by atoms with E-state index in [1.54, 1.807) is 5.32 Å². The number of hydrogen-bond donors (Lipinski definition) is 3. The molecule has 8 heteroatoms. The van der Waals surface area contributed by atoms with E-state index < -0.39 is 30.1 Å². The average molecular weight is 240 g/mol. The molecule has 1 saturated carbocycles. The molecule has 0 aromatic rings. The predicted octanol–water partition coefficient (Wildman–Crippen LogP) is 0.713. The standard InChI is InChI=1S/C8H11F3N2O3/c9-8(10,11)4-13-6(16)12-3-7(1-2-7)5(14)15/h1-4H2,(H,14,15)(H2,12,13,16). The molecule has 0 heterocycles. The molecule has 1 aliphatic rings. The number of amides is 2. The van der Waals surface area contributed by atoms with Crippen molar-refractivity contribution in [2.24, 2.45) is 5.41 Å². The van der Waals surface area contributed by atoms with Crippen LogP contribution in [0.4, 0.5) is 18.0 Å². The number of aliphatic carboxylic acids is 1. The van der Waals surface area contributed by atoms with Gasteiger partial charge < -0.3 is 15.7 Å². The second-order valence-corrected chi connectivity index (χ2v) is 3.74. The number of urea groups is 1. The lowest BCUT2D eigenvalue weighted by Crippen LogP contribution is -2.43. The first-order valence-corrected chi connectivity index (χ1v) is 4.57. The fraction of sp³-hybridized carbons (Fsp3) is 0.750. The van der Waals surface area contributed by atoms with E-state index in [1.165, 1.54) is 0 Å². The first-order chi connectivity index (χ1) is 7.25. The highest BCUT2D eigenvalue weighted by Crippen LogP contribution is 2.45. The number of alkyl halides is 3. The van der Waals surface area contributed by atoms with Crippen LogP contribution in [0, 0.1) is 5.41 Å². The average Bonchev–Trinajstić information content (AvgIpc) is 2.91. The van der Waals surface area contributed by atoms with Crippen molar-refractivity contribution in [1.82, 2.24) is 10.6 Å². The zero-order chi connectivity index (χ0) is 12.4. The van der Waals surface area contributed by atoms with Crippen LogP contribution in [0.15, 0.2) is 0 Å². The topological polar surface area (TPSA) is 78.4 Å². The summed E-state index contributed by atoms with van der Waals surface area (Å²) in [5, 5.41) is 12.4. The Bertz CT molecular complexity index is 299. The molecule has 1 fully saturated rings. The molecule has 0 spiro atoms. The summed E-state index contributed by atoms with van der Waals surface area (Å²) in [5.74, 6) is -1.04. The molecule has 1 aliphatic carbocycles. The first kappa shape index (κ1) is 12.6. The third-order valence-electron chi connectivity index (χ3n) is 2.34. The number of nitrogens with one attached hydrogen (secondary N) is 2. The Morgan fingerprint density at radius 2 is 1.81 bits per heavy atom. The van der Waals surface area contributed by atoms with E-state index in [4.69, 9.17) is 5.11 Å². The fourth-order valence-electron chi connectivity index (χ4n) is 1.11. The number of rotatable bonds is 4. The lowest BCUT2D eigenvalue weighted by atomic mass is 10.1. The van der Waals surface area contributed by atoms with E-state index in [0.717, 1.165) is 0 Å². The van der Waals surface area contributed by atoms with Gasteiger partial charge in [-0.1, -0.05) is 0 Å². The molecule has 0 saturated heterocycles. The van der Waals surface area contributed by atoms with Gasteiger partial charge in [0.2, 0.25) is 0 Å². The van der Waals surface area contributed by atoms with Crippen molar-refractivity contribution in [3.8, 4) is 0 Å². The minimum Gasteiger partial charge on any atom is -0.481 e. The molecule has 0 bridgehead atoms. The van der Waals surface area contributed by atoms with Gasteiger partial charge in [-0.05, 0) is 12.8 Å². The van der Waals surface area contributed by atoms with Crippen molar-refractivity contribution in [2.45, 2.75) is 19.0 Å². The fourth-order valence-corrected chi connectivity index (χ4v) is 1.11. The molecule has 0 unspecified atom stereocenters. The highest BCUT2D eigenvalue weighted by molar-refractivity contribution is 5.80. The second-order valence-electron chi connectivity index (χ2n) is 3.74. The van der Waals surface area contributed by atoms with E-state index in [9.17, 15) is 22.8 Å². The Morgan fingerprint density at radius 3 is 2.19 bits per heavy atom. The highest BCUT2D eigenvalue weighted by Gasteiger charge is 2.50. The molecule has 0 aromatic heterocycles. The molecular weight excluding hydrogens is 229 g/mol. The minimum absolute atomic E-state index is 0.147. The minimum atomic E-state index is -4.47. The Hall–Kier alpha value is -1.47. The van der Waals surface area contributed by atoms with Gasteiger partial charge in [-0.15, -0.1) is 0 Å². The summed E-state index contributed by atoms with van der Waals surface area (Å²) in [6, 6.07) is -1.01. The first-order valence-electron chi connectivity index (χ1n) is 4.57. The zero-order valence-electron chi connectivity index (χ0n) is 8.23. The SMILES string of the molecule is O=C(NCC(F)(F)F)NCC1(C(=O)O)CC1. The molecule has 0 aliphatic heterocycles. The molecular formula is C8H11F3N2O3. The van der Waals surface area contributed by atoms with E-state index in [2.05, 4.69) is 5.32 Å². The lowest BCUT2D eigenvalue weighted by Gasteiger charge is -2.12. The van der Waals surface area contributed by atoms with Crippen molar-refractivity contribution < 1.29 is 27.9 Å². The predicted molar refractivity (Wildman–Crippen MR) is 46.8 cm³/mol. The zero-order valence-corrected chi connectivity index (χ0v) is 8.23. The van der Waals surface area contributed by atoms with E-state index in [-0.39, 0.29) is 6.54 Å². The molecule has 92 valence electrons.